The summed E-state index contributed by atoms with van der Waals surface area (Å²) in [5.74, 6) is 0. The summed E-state index contributed by atoms with van der Waals surface area (Å²) in [6.45, 7) is 4.83. The van der Waals surface area contributed by atoms with E-state index in [1.807, 2.05) is 50.0 Å². The molecule has 0 saturated heterocycles. The van der Waals surface area contributed by atoms with Gasteiger partial charge in [0, 0.05) is 23.3 Å². The van der Waals surface area contributed by atoms with Gasteiger partial charge < -0.3 is 5.32 Å². The summed E-state index contributed by atoms with van der Waals surface area (Å²) in [6.07, 6.45) is 2.03. The maximum atomic E-state index is 6.12. The molecule has 0 spiro atoms. The Morgan fingerprint density at radius 2 is 2.12 bits per heavy atom. The van der Waals surface area contributed by atoms with Crippen molar-refractivity contribution in [3.8, 4) is 5.69 Å². The predicted molar refractivity (Wildman–Crippen MR) is 70.8 cm³/mol. The van der Waals surface area contributed by atoms with E-state index < -0.39 is 0 Å². The smallest absolute Gasteiger partial charge is 0.0660 e. The van der Waals surface area contributed by atoms with E-state index in [1.54, 1.807) is 0 Å². The molecular weight excluding hydrogens is 234 g/mol. The van der Waals surface area contributed by atoms with E-state index in [4.69, 9.17) is 11.6 Å². The first-order valence-corrected chi connectivity index (χ1v) is 5.96. The monoisotopic (exact) mass is 249 g/mol. The van der Waals surface area contributed by atoms with Crippen LogP contribution in [0.2, 0.25) is 5.02 Å². The molecule has 0 aliphatic carbocycles. The summed E-state index contributed by atoms with van der Waals surface area (Å²) in [7, 11) is 1.93. The number of hydrogen-bond acceptors (Lipinski definition) is 2. The van der Waals surface area contributed by atoms with Crippen molar-refractivity contribution in [2.75, 3.05) is 7.05 Å². The quantitative estimate of drug-likeness (QED) is 0.907. The highest BCUT2D eigenvalue weighted by Crippen LogP contribution is 2.20. The molecule has 2 rings (SSSR count). The minimum Gasteiger partial charge on any atom is -0.316 e. The van der Waals surface area contributed by atoms with Gasteiger partial charge in [0.25, 0.3) is 0 Å². The third-order valence-corrected chi connectivity index (χ3v) is 3.19. The lowest BCUT2D eigenvalue weighted by molar-refractivity contribution is 0.812. The van der Waals surface area contributed by atoms with Gasteiger partial charge in [-0.2, -0.15) is 5.10 Å². The lowest BCUT2D eigenvalue weighted by atomic mass is 10.2. The zero-order chi connectivity index (χ0) is 12.4. The van der Waals surface area contributed by atoms with E-state index in [-0.39, 0.29) is 0 Å². The molecule has 0 fully saturated rings. The lowest BCUT2D eigenvalue weighted by Gasteiger charge is -2.03. The molecule has 3 nitrogen and oxygen atoms in total. The second-order valence-electron chi connectivity index (χ2n) is 4.15. The highest BCUT2D eigenvalue weighted by atomic mass is 35.5. The van der Waals surface area contributed by atoms with Gasteiger partial charge in [0.15, 0.2) is 0 Å². The summed E-state index contributed by atoms with van der Waals surface area (Å²) >= 11 is 6.12. The third-order valence-electron chi connectivity index (χ3n) is 2.79. The van der Waals surface area contributed by atoms with Crippen molar-refractivity contribution >= 4 is 11.6 Å². The van der Waals surface area contributed by atoms with Gasteiger partial charge in [-0.3, -0.25) is 0 Å². The van der Waals surface area contributed by atoms with Gasteiger partial charge in [0.05, 0.1) is 11.4 Å². The maximum Gasteiger partial charge on any atom is 0.0660 e. The van der Waals surface area contributed by atoms with Crippen LogP contribution in [0.3, 0.4) is 0 Å². The molecule has 1 aromatic heterocycles. The molecule has 90 valence electrons. The largest absolute Gasteiger partial charge is 0.316 e. The fraction of sp³-hybridized carbons (Fsp3) is 0.308. The van der Waals surface area contributed by atoms with Crippen molar-refractivity contribution in [3.63, 3.8) is 0 Å². The van der Waals surface area contributed by atoms with Crippen molar-refractivity contribution in [1.82, 2.24) is 15.1 Å². The van der Waals surface area contributed by atoms with Crippen molar-refractivity contribution < 1.29 is 0 Å². The topological polar surface area (TPSA) is 29.9 Å². The van der Waals surface area contributed by atoms with Gasteiger partial charge in [-0.1, -0.05) is 17.7 Å². The number of rotatable bonds is 3. The Bertz CT molecular complexity index is 531. The summed E-state index contributed by atoms with van der Waals surface area (Å²) in [6, 6.07) is 5.97. The van der Waals surface area contributed by atoms with Gasteiger partial charge in [0.1, 0.15) is 0 Å². The zero-order valence-electron chi connectivity index (χ0n) is 10.3. The van der Waals surface area contributed by atoms with Crippen LogP contribution >= 0.6 is 11.6 Å². The first kappa shape index (κ1) is 12.1. The minimum absolute atomic E-state index is 0.769. The third kappa shape index (κ3) is 2.51. The molecule has 0 aliphatic rings. The molecule has 0 unspecified atom stereocenters. The maximum absolute atomic E-state index is 6.12. The van der Waals surface area contributed by atoms with Crippen molar-refractivity contribution in [2.45, 2.75) is 20.4 Å². The summed E-state index contributed by atoms with van der Waals surface area (Å²) in [5, 5.41) is 8.39. The highest BCUT2D eigenvalue weighted by molar-refractivity contribution is 6.31. The minimum atomic E-state index is 0.769. The Morgan fingerprint density at radius 3 is 2.76 bits per heavy atom. The second kappa shape index (κ2) is 4.90. The number of hydrogen-bond donors (Lipinski definition) is 1. The van der Waals surface area contributed by atoms with Crippen LogP contribution in [0.1, 0.15) is 16.8 Å². The number of halogens is 1. The van der Waals surface area contributed by atoms with E-state index >= 15 is 0 Å². The fourth-order valence-electron chi connectivity index (χ4n) is 1.72. The second-order valence-corrected chi connectivity index (χ2v) is 4.56. The van der Waals surface area contributed by atoms with Gasteiger partial charge in [0.2, 0.25) is 0 Å². The van der Waals surface area contributed by atoms with E-state index in [2.05, 4.69) is 10.4 Å². The van der Waals surface area contributed by atoms with Gasteiger partial charge in [-0.15, -0.1) is 0 Å². The first-order valence-electron chi connectivity index (χ1n) is 5.58. The van der Waals surface area contributed by atoms with Gasteiger partial charge in [-0.05, 0) is 38.6 Å². The Labute approximate surface area is 106 Å². The van der Waals surface area contributed by atoms with Gasteiger partial charge in [-0.25, -0.2) is 4.68 Å². The average molecular weight is 250 g/mol. The normalized spacial score (nSPS) is 10.8. The van der Waals surface area contributed by atoms with Crippen LogP contribution in [0.5, 0.6) is 0 Å². The molecule has 1 aromatic carbocycles. The predicted octanol–water partition coefficient (Wildman–Crippen LogP) is 2.86. The molecule has 0 amide bonds. The van der Waals surface area contributed by atoms with Crippen LogP contribution < -0.4 is 5.32 Å². The molecule has 2 aromatic rings. The Hall–Kier alpha value is -1.32. The Kier molecular flexibility index (Phi) is 3.50. The van der Waals surface area contributed by atoms with Crippen molar-refractivity contribution in [1.29, 1.82) is 0 Å². The number of aryl methyl sites for hydroxylation is 2. The number of benzene rings is 1. The SMILES string of the molecule is CNCc1cn(-c2ccc(C)c(Cl)c2)nc1C. The van der Waals surface area contributed by atoms with Crippen LogP contribution in [0.15, 0.2) is 24.4 Å². The standard InChI is InChI=1S/C13H16ClN3/c1-9-4-5-12(6-13(9)14)17-8-11(7-15-3)10(2)16-17/h4-6,8,15H,7H2,1-3H3. The Balaban J connectivity index is 2.39. The molecular formula is C13H16ClN3. The molecule has 0 atom stereocenters. The molecule has 1 heterocycles. The molecule has 17 heavy (non-hydrogen) atoms. The first-order chi connectivity index (χ1) is 8.11. The van der Waals surface area contributed by atoms with E-state index in [0.29, 0.717) is 0 Å². The molecule has 0 bridgehead atoms. The fourth-order valence-corrected chi connectivity index (χ4v) is 1.89. The number of nitrogens with one attached hydrogen (secondary N) is 1. The van der Waals surface area contributed by atoms with Crippen LogP contribution in [0.4, 0.5) is 0 Å². The van der Waals surface area contributed by atoms with E-state index in [0.717, 1.165) is 28.5 Å². The highest BCUT2D eigenvalue weighted by Gasteiger charge is 2.06. The van der Waals surface area contributed by atoms with Crippen LogP contribution in [0, 0.1) is 13.8 Å². The number of nitrogens with zero attached hydrogens (tertiary/aromatic N) is 2. The molecule has 0 aliphatic heterocycles. The van der Waals surface area contributed by atoms with Crippen LogP contribution in [-0.4, -0.2) is 16.8 Å². The summed E-state index contributed by atoms with van der Waals surface area (Å²) in [4.78, 5) is 0. The van der Waals surface area contributed by atoms with Crippen LogP contribution in [0.25, 0.3) is 5.69 Å². The molecule has 1 N–H and O–H groups in total. The van der Waals surface area contributed by atoms with E-state index in [1.165, 1.54) is 5.56 Å². The van der Waals surface area contributed by atoms with Crippen molar-refractivity contribution in [3.05, 3.63) is 46.2 Å². The Morgan fingerprint density at radius 1 is 1.35 bits per heavy atom. The molecule has 0 radical (unpaired) electrons. The van der Waals surface area contributed by atoms with Crippen LogP contribution in [-0.2, 0) is 6.54 Å². The molecule has 0 saturated carbocycles. The molecule has 4 heteroatoms. The summed E-state index contributed by atoms with van der Waals surface area (Å²) < 4.78 is 1.87. The van der Waals surface area contributed by atoms with Gasteiger partial charge >= 0.3 is 0 Å². The zero-order valence-corrected chi connectivity index (χ0v) is 11.0. The average Bonchev–Trinajstić information content (AvgIpc) is 2.65. The lowest BCUT2D eigenvalue weighted by Crippen LogP contribution is -2.05. The van der Waals surface area contributed by atoms with Crippen molar-refractivity contribution in [2.24, 2.45) is 0 Å². The van der Waals surface area contributed by atoms with E-state index in [9.17, 15) is 0 Å². The summed E-state index contributed by atoms with van der Waals surface area (Å²) in [5.41, 5.74) is 4.31. The number of aromatic nitrogens is 2.